The van der Waals surface area contributed by atoms with Crippen LogP contribution in [0.4, 0.5) is 0 Å². The summed E-state index contributed by atoms with van der Waals surface area (Å²) in [5.74, 6) is 0.654. The lowest BCUT2D eigenvalue weighted by molar-refractivity contribution is 0.780. The Morgan fingerprint density at radius 1 is 1.07 bits per heavy atom. The highest BCUT2D eigenvalue weighted by atomic mass is 14.9. The number of rotatable bonds is 2. The van der Waals surface area contributed by atoms with Crippen LogP contribution in [0.25, 0.3) is 0 Å². The van der Waals surface area contributed by atoms with E-state index in [1.54, 1.807) is 18.5 Å². The van der Waals surface area contributed by atoms with Crippen LogP contribution in [-0.2, 0) is 0 Å². The predicted octanol–water partition coefficient (Wildman–Crippen LogP) is 1.83. The Bertz CT molecular complexity index is 422. The smallest absolute Gasteiger partial charge is 0.149 e. The van der Waals surface area contributed by atoms with Crippen LogP contribution >= 0.6 is 0 Å². The van der Waals surface area contributed by atoms with E-state index >= 15 is 0 Å². The van der Waals surface area contributed by atoms with E-state index in [1.807, 2.05) is 31.2 Å². The molecule has 2 aromatic rings. The number of hydrogen-bond donors (Lipinski definition) is 1. The molecule has 0 aliphatic carbocycles. The van der Waals surface area contributed by atoms with E-state index in [0.717, 1.165) is 5.56 Å². The first-order valence-corrected chi connectivity index (χ1v) is 4.86. The van der Waals surface area contributed by atoms with Crippen molar-refractivity contribution in [2.75, 3.05) is 0 Å². The molecule has 2 N–H and O–H groups in total. The largest absolute Gasteiger partial charge is 0.318 e. The normalized spacial score (nSPS) is 12.4. The molecule has 0 amide bonds. The van der Waals surface area contributed by atoms with Gasteiger partial charge < -0.3 is 5.73 Å². The van der Waals surface area contributed by atoms with Crippen LogP contribution in [0.5, 0.6) is 0 Å². The van der Waals surface area contributed by atoms with Crippen LogP contribution in [0.1, 0.15) is 23.0 Å². The Balaban J connectivity index is 2.29. The van der Waals surface area contributed by atoms with E-state index in [0.29, 0.717) is 5.82 Å². The zero-order valence-corrected chi connectivity index (χ0v) is 8.59. The number of nitrogens with zero attached hydrogens (tertiary/aromatic N) is 2. The minimum atomic E-state index is -0.244. The standard InChI is InChI=1S/C12H13N3/c1-9-3-5-10(6-4-9)11(13)12-14-7-2-8-15-12/h2-8,11H,13H2,1H3. The molecule has 76 valence electrons. The van der Waals surface area contributed by atoms with Crippen molar-refractivity contribution < 1.29 is 0 Å². The predicted molar refractivity (Wildman–Crippen MR) is 59.2 cm³/mol. The van der Waals surface area contributed by atoms with Crippen LogP contribution in [0.3, 0.4) is 0 Å². The minimum absolute atomic E-state index is 0.244. The van der Waals surface area contributed by atoms with Gasteiger partial charge in [0, 0.05) is 12.4 Å². The summed E-state index contributed by atoms with van der Waals surface area (Å²) < 4.78 is 0. The van der Waals surface area contributed by atoms with Crippen LogP contribution in [-0.4, -0.2) is 9.97 Å². The molecule has 0 saturated carbocycles. The summed E-state index contributed by atoms with van der Waals surface area (Å²) in [5, 5.41) is 0. The number of aryl methyl sites for hydroxylation is 1. The van der Waals surface area contributed by atoms with Gasteiger partial charge in [-0.25, -0.2) is 9.97 Å². The number of nitrogens with two attached hydrogens (primary N) is 1. The lowest BCUT2D eigenvalue weighted by Gasteiger charge is -2.10. The number of aromatic nitrogens is 2. The zero-order valence-electron chi connectivity index (χ0n) is 8.59. The van der Waals surface area contributed by atoms with Crippen molar-refractivity contribution in [3.8, 4) is 0 Å². The maximum absolute atomic E-state index is 6.04. The number of hydrogen-bond acceptors (Lipinski definition) is 3. The Morgan fingerprint density at radius 2 is 1.67 bits per heavy atom. The summed E-state index contributed by atoms with van der Waals surface area (Å²) in [5.41, 5.74) is 8.30. The van der Waals surface area contributed by atoms with Gasteiger partial charge in [0.05, 0.1) is 6.04 Å². The fraction of sp³-hybridized carbons (Fsp3) is 0.167. The van der Waals surface area contributed by atoms with Gasteiger partial charge in [0.1, 0.15) is 5.82 Å². The second kappa shape index (κ2) is 4.19. The van der Waals surface area contributed by atoms with Gasteiger partial charge >= 0.3 is 0 Å². The first kappa shape index (κ1) is 9.80. The molecule has 2 rings (SSSR count). The SMILES string of the molecule is Cc1ccc(C(N)c2ncccn2)cc1. The van der Waals surface area contributed by atoms with E-state index in [4.69, 9.17) is 5.73 Å². The molecule has 1 unspecified atom stereocenters. The lowest BCUT2D eigenvalue weighted by atomic mass is 10.1. The van der Waals surface area contributed by atoms with E-state index in [9.17, 15) is 0 Å². The van der Waals surface area contributed by atoms with Crippen molar-refractivity contribution in [1.29, 1.82) is 0 Å². The van der Waals surface area contributed by atoms with Gasteiger partial charge in [-0.2, -0.15) is 0 Å². The molecular formula is C12H13N3. The van der Waals surface area contributed by atoms with Gasteiger partial charge in [-0.05, 0) is 18.6 Å². The summed E-state index contributed by atoms with van der Waals surface area (Å²) in [6.45, 7) is 2.05. The maximum Gasteiger partial charge on any atom is 0.149 e. The number of benzene rings is 1. The molecule has 3 heteroatoms. The first-order valence-electron chi connectivity index (χ1n) is 4.86. The van der Waals surface area contributed by atoms with Crippen molar-refractivity contribution in [3.63, 3.8) is 0 Å². The quantitative estimate of drug-likeness (QED) is 0.802. The topological polar surface area (TPSA) is 51.8 Å². The van der Waals surface area contributed by atoms with E-state index in [1.165, 1.54) is 5.56 Å². The van der Waals surface area contributed by atoms with E-state index < -0.39 is 0 Å². The van der Waals surface area contributed by atoms with Crippen molar-refractivity contribution in [1.82, 2.24) is 9.97 Å². The van der Waals surface area contributed by atoms with Gasteiger partial charge in [-0.3, -0.25) is 0 Å². The van der Waals surface area contributed by atoms with Crippen LogP contribution in [0, 0.1) is 6.92 Å². The van der Waals surface area contributed by atoms with Gasteiger partial charge in [-0.1, -0.05) is 29.8 Å². The summed E-state index contributed by atoms with van der Waals surface area (Å²) in [6, 6.07) is 9.64. The lowest BCUT2D eigenvalue weighted by Crippen LogP contribution is -2.14. The van der Waals surface area contributed by atoms with Crippen molar-refractivity contribution in [3.05, 3.63) is 59.7 Å². The zero-order chi connectivity index (χ0) is 10.7. The van der Waals surface area contributed by atoms with Gasteiger partial charge in [0.15, 0.2) is 0 Å². The molecule has 0 spiro atoms. The Kier molecular flexibility index (Phi) is 2.74. The summed E-state index contributed by atoms with van der Waals surface area (Å²) >= 11 is 0. The van der Waals surface area contributed by atoms with Gasteiger partial charge in [0.2, 0.25) is 0 Å². The molecule has 15 heavy (non-hydrogen) atoms. The molecule has 3 nitrogen and oxygen atoms in total. The average molecular weight is 199 g/mol. The molecule has 0 radical (unpaired) electrons. The summed E-state index contributed by atoms with van der Waals surface area (Å²) in [4.78, 5) is 8.28. The van der Waals surface area contributed by atoms with Crippen molar-refractivity contribution >= 4 is 0 Å². The highest BCUT2D eigenvalue weighted by Gasteiger charge is 2.10. The van der Waals surface area contributed by atoms with Crippen LogP contribution in [0.2, 0.25) is 0 Å². The molecule has 1 aromatic heterocycles. The fourth-order valence-corrected chi connectivity index (χ4v) is 1.39. The van der Waals surface area contributed by atoms with Gasteiger partial charge in [-0.15, -0.1) is 0 Å². The third kappa shape index (κ3) is 2.19. The van der Waals surface area contributed by atoms with Crippen LogP contribution in [0.15, 0.2) is 42.7 Å². The molecule has 0 bridgehead atoms. The molecule has 0 aliphatic rings. The summed E-state index contributed by atoms with van der Waals surface area (Å²) in [6.07, 6.45) is 3.41. The molecule has 0 fully saturated rings. The highest BCUT2D eigenvalue weighted by Crippen LogP contribution is 2.15. The third-order valence-corrected chi connectivity index (χ3v) is 2.30. The molecule has 1 aromatic carbocycles. The Morgan fingerprint density at radius 3 is 2.27 bits per heavy atom. The molecule has 1 heterocycles. The van der Waals surface area contributed by atoms with Crippen molar-refractivity contribution in [2.24, 2.45) is 5.73 Å². The van der Waals surface area contributed by atoms with Crippen molar-refractivity contribution in [2.45, 2.75) is 13.0 Å². The van der Waals surface area contributed by atoms with Gasteiger partial charge in [0.25, 0.3) is 0 Å². The summed E-state index contributed by atoms with van der Waals surface area (Å²) in [7, 11) is 0. The first-order chi connectivity index (χ1) is 7.27. The second-order valence-electron chi connectivity index (χ2n) is 3.50. The average Bonchev–Trinajstić information content (AvgIpc) is 2.30. The van der Waals surface area contributed by atoms with E-state index in [-0.39, 0.29) is 6.04 Å². The van der Waals surface area contributed by atoms with Crippen LogP contribution < -0.4 is 5.73 Å². The monoisotopic (exact) mass is 199 g/mol. The minimum Gasteiger partial charge on any atom is -0.318 e. The fourth-order valence-electron chi connectivity index (χ4n) is 1.39. The van der Waals surface area contributed by atoms with E-state index in [2.05, 4.69) is 9.97 Å². The highest BCUT2D eigenvalue weighted by molar-refractivity contribution is 5.27. The Labute approximate surface area is 89.0 Å². The molecule has 1 atom stereocenters. The molecule has 0 aliphatic heterocycles. The third-order valence-electron chi connectivity index (χ3n) is 2.30. The Hall–Kier alpha value is -1.74. The maximum atomic E-state index is 6.04. The second-order valence-corrected chi connectivity index (χ2v) is 3.50. The molecule has 0 saturated heterocycles. The molecular weight excluding hydrogens is 186 g/mol.